The van der Waals surface area contributed by atoms with E-state index in [4.69, 9.17) is 4.74 Å². The van der Waals surface area contributed by atoms with E-state index in [0.717, 1.165) is 49.4 Å². The molecule has 1 amide bonds. The van der Waals surface area contributed by atoms with Crippen LogP contribution < -0.4 is 4.74 Å². The first-order valence-corrected chi connectivity index (χ1v) is 11.5. The van der Waals surface area contributed by atoms with Crippen molar-refractivity contribution in [1.82, 2.24) is 19.6 Å². The van der Waals surface area contributed by atoms with Gasteiger partial charge in [-0.1, -0.05) is 24.3 Å². The Labute approximate surface area is 188 Å². The van der Waals surface area contributed by atoms with Gasteiger partial charge in [-0.15, -0.1) is 0 Å². The second-order valence-corrected chi connectivity index (χ2v) is 9.25. The van der Waals surface area contributed by atoms with Crippen molar-refractivity contribution in [2.75, 3.05) is 20.2 Å². The molecule has 1 spiro atoms. The van der Waals surface area contributed by atoms with Crippen LogP contribution in [-0.2, 0) is 11.3 Å². The van der Waals surface area contributed by atoms with Crippen molar-refractivity contribution in [2.24, 2.45) is 5.92 Å². The third-order valence-corrected chi connectivity index (χ3v) is 7.68. The Kier molecular flexibility index (Phi) is 4.57. The molecule has 0 bridgehead atoms. The van der Waals surface area contributed by atoms with Gasteiger partial charge in [0.25, 0.3) is 0 Å². The van der Waals surface area contributed by atoms with Crippen LogP contribution in [0.2, 0.25) is 0 Å². The van der Waals surface area contributed by atoms with Crippen LogP contribution in [0.4, 0.5) is 0 Å². The number of methoxy groups -OCH3 is 1. The van der Waals surface area contributed by atoms with Gasteiger partial charge >= 0.3 is 0 Å². The maximum absolute atomic E-state index is 13.8. The molecule has 6 rings (SSSR count). The molecule has 3 saturated heterocycles. The lowest BCUT2D eigenvalue weighted by Crippen LogP contribution is -2.49. The van der Waals surface area contributed by atoms with E-state index in [-0.39, 0.29) is 5.54 Å². The van der Waals surface area contributed by atoms with Crippen molar-refractivity contribution in [2.45, 2.75) is 37.4 Å². The first-order valence-electron chi connectivity index (χ1n) is 11.5. The van der Waals surface area contributed by atoms with E-state index in [1.54, 1.807) is 13.3 Å². The molecule has 6 heteroatoms. The number of carbonyl (C=O) groups excluding carboxylic acids is 1. The quantitative estimate of drug-likeness (QED) is 0.620. The fraction of sp³-hybridized carbons (Fsp3) is 0.385. The lowest BCUT2D eigenvalue weighted by atomic mass is 9.85. The molecule has 2 aromatic carbocycles. The molecule has 0 radical (unpaired) electrons. The fourth-order valence-corrected chi connectivity index (χ4v) is 6.29. The van der Waals surface area contributed by atoms with Crippen molar-refractivity contribution >= 4 is 5.91 Å². The van der Waals surface area contributed by atoms with Crippen LogP contribution >= 0.6 is 0 Å². The lowest BCUT2D eigenvalue weighted by molar-refractivity contribution is -0.137. The largest absolute Gasteiger partial charge is 0.497 e. The van der Waals surface area contributed by atoms with Crippen LogP contribution in [0.15, 0.2) is 67.0 Å². The summed E-state index contributed by atoms with van der Waals surface area (Å²) in [5.74, 6) is 1.55. The predicted molar refractivity (Wildman–Crippen MR) is 121 cm³/mol. The number of likely N-dealkylation sites (tertiary alicyclic amines) is 1. The number of nitrogens with zero attached hydrogens (tertiary/aromatic N) is 4. The SMILES string of the molecule is COc1cccc(CN2C[C@@H]3C[C@@H](c4ccc(-n5cccn5)cc4)N4CCC[C@@]34C2=O)c1. The third-order valence-electron chi connectivity index (χ3n) is 7.68. The molecule has 0 unspecified atom stereocenters. The second kappa shape index (κ2) is 7.48. The number of amides is 1. The molecular weight excluding hydrogens is 400 g/mol. The topological polar surface area (TPSA) is 50.6 Å². The number of ether oxygens (including phenoxy) is 1. The number of hydrogen-bond acceptors (Lipinski definition) is 4. The summed E-state index contributed by atoms with van der Waals surface area (Å²) in [7, 11) is 1.68. The summed E-state index contributed by atoms with van der Waals surface area (Å²) in [5.41, 5.74) is 3.19. The molecule has 164 valence electrons. The van der Waals surface area contributed by atoms with E-state index in [0.29, 0.717) is 24.4 Å². The maximum Gasteiger partial charge on any atom is 0.243 e. The van der Waals surface area contributed by atoms with Crippen LogP contribution in [0.3, 0.4) is 0 Å². The molecule has 3 atom stereocenters. The summed E-state index contributed by atoms with van der Waals surface area (Å²) in [5, 5.41) is 4.32. The van der Waals surface area contributed by atoms with Gasteiger partial charge in [-0.25, -0.2) is 4.68 Å². The molecule has 3 fully saturated rings. The first kappa shape index (κ1) is 19.6. The van der Waals surface area contributed by atoms with Crippen molar-refractivity contribution in [3.63, 3.8) is 0 Å². The highest BCUT2D eigenvalue weighted by molar-refractivity contribution is 5.90. The highest BCUT2D eigenvalue weighted by Gasteiger charge is 2.65. The summed E-state index contributed by atoms with van der Waals surface area (Å²) in [6.07, 6.45) is 6.87. The summed E-state index contributed by atoms with van der Waals surface area (Å²) >= 11 is 0. The Morgan fingerprint density at radius 2 is 2.03 bits per heavy atom. The summed E-state index contributed by atoms with van der Waals surface area (Å²) in [6, 6.07) is 19.0. The lowest BCUT2D eigenvalue weighted by Gasteiger charge is -2.33. The van der Waals surface area contributed by atoms with Crippen molar-refractivity contribution in [1.29, 1.82) is 0 Å². The Bertz CT molecular complexity index is 1130. The highest BCUT2D eigenvalue weighted by Crippen LogP contribution is 2.56. The number of carbonyl (C=O) groups is 1. The smallest absolute Gasteiger partial charge is 0.243 e. The minimum atomic E-state index is -0.315. The van der Waals surface area contributed by atoms with Crippen LogP contribution in [0.1, 0.15) is 36.4 Å². The van der Waals surface area contributed by atoms with E-state index in [2.05, 4.69) is 45.2 Å². The van der Waals surface area contributed by atoms with Gasteiger partial charge in [-0.3, -0.25) is 9.69 Å². The van der Waals surface area contributed by atoms with Gasteiger partial charge in [-0.05, 0) is 67.3 Å². The van der Waals surface area contributed by atoms with E-state index in [1.165, 1.54) is 5.56 Å². The highest BCUT2D eigenvalue weighted by atomic mass is 16.5. The average Bonchev–Trinajstić information content (AvgIpc) is 3.59. The summed E-state index contributed by atoms with van der Waals surface area (Å²) < 4.78 is 7.25. The number of hydrogen-bond donors (Lipinski definition) is 0. The summed E-state index contributed by atoms with van der Waals surface area (Å²) in [6.45, 7) is 2.50. The van der Waals surface area contributed by atoms with Crippen LogP contribution in [0.5, 0.6) is 5.75 Å². The average molecular weight is 429 g/mol. The molecule has 0 N–H and O–H groups in total. The van der Waals surface area contributed by atoms with Crippen molar-refractivity contribution < 1.29 is 9.53 Å². The Hall–Kier alpha value is -3.12. The van der Waals surface area contributed by atoms with E-state index >= 15 is 0 Å². The molecule has 1 aromatic heterocycles. The van der Waals surface area contributed by atoms with E-state index in [9.17, 15) is 4.79 Å². The van der Waals surface area contributed by atoms with Gasteiger partial charge in [0.1, 0.15) is 11.3 Å². The molecule has 0 aliphatic carbocycles. The first-order chi connectivity index (χ1) is 15.7. The molecule has 3 aliphatic heterocycles. The Morgan fingerprint density at radius 1 is 1.16 bits per heavy atom. The summed E-state index contributed by atoms with van der Waals surface area (Å²) in [4.78, 5) is 18.4. The standard InChI is InChI=1S/C26H28N4O2/c1-32-23-6-2-5-19(15-23)17-28-18-21-16-24(29-13-3-11-26(21,29)25(28)31)20-7-9-22(10-8-20)30-14-4-12-27-30/h2,4-10,12,14-15,21,24H,3,11,13,16-18H2,1H3/t21-,24-,26-/m0/s1. The molecule has 32 heavy (non-hydrogen) atoms. The van der Waals surface area contributed by atoms with Gasteiger partial charge in [0.05, 0.1) is 12.8 Å². The zero-order valence-electron chi connectivity index (χ0n) is 18.4. The van der Waals surface area contributed by atoms with Gasteiger partial charge in [0, 0.05) is 37.4 Å². The molecule has 3 aromatic rings. The molecule has 0 saturated carbocycles. The van der Waals surface area contributed by atoms with Gasteiger partial charge in [-0.2, -0.15) is 5.10 Å². The van der Waals surface area contributed by atoms with Crippen LogP contribution in [0, 0.1) is 5.92 Å². The van der Waals surface area contributed by atoms with Crippen molar-refractivity contribution in [3.8, 4) is 11.4 Å². The van der Waals surface area contributed by atoms with Gasteiger partial charge in [0.2, 0.25) is 5.91 Å². The Balaban J connectivity index is 1.24. The van der Waals surface area contributed by atoms with E-state index in [1.807, 2.05) is 35.1 Å². The molecule has 4 heterocycles. The van der Waals surface area contributed by atoms with Crippen LogP contribution in [0.25, 0.3) is 5.69 Å². The Morgan fingerprint density at radius 3 is 2.81 bits per heavy atom. The zero-order valence-corrected chi connectivity index (χ0v) is 18.4. The van der Waals surface area contributed by atoms with Crippen molar-refractivity contribution in [3.05, 3.63) is 78.1 Å². The monoisotopic (exact) mass is 428 g/mol. The zero-order chi connectivity index (χ0) is 21.7. The van der Waals surface area contributed by atoms with E-state index < -0.39 is 0 Å². The fourth-order valence-electron chi connectivity index (χ4n) is 6.29. The second-order valence-electron chi connectivity index (χ2n) is 9.25. The number of aromatic nitrogens is 2. The number of rotatable bonds is 5. The molecule has 6 nitrogen and oxygen atoms in total. The van der Waals surface area contributed by atoms with Gasteiger partial charge in [0.15, 0.2) is 0 Å². The maximum atomic E-state index is 13.8. The van der Waals surface area contributed by atoms with Gasteiger partial charge < -0.3 is 9.64 Å². The minimum Gasteiger partial charge on any atom is -0.497 e. The van der Waals surface area contributed by atoms with Crippen LogP contribution in [-0.4, -0.2) is 51.2 Å². The molecular formula is C26H28N4O2. The molecule has 3 aliphatic rings. The third kappa shape index (κ3) is 2.89. The minimum absolute atomic E-state index is 0.315. The predicted octanol–water partition coefficient (Wildman–Crippen LogP) is 3.82. The number of benzene rings is 2. The normalized spacial score (nSPS) is 27.0.